The minimum atomic E-state index is 0. The molecule has 1 saturated heterocycles. The van der Waals surface area contributed by atoms with Crippen molar-refractivity contribution in [3.8, 4) is 0 Å². The molecule has 0 aromatic carbocycles. The van der Waals surface area contributed by atoms with Gasteiger partial charge in [0.25, 0.3) is 0 Å². The van der Waals surface area contributed by atoms with Gasteiger partial charge in [0.05, 0.1) is 13.2 Å². The molecule has 1 heterocycles. The van der Waals surface area contributed by atoms with Crippen LogP contribution < -0.4 is 5.32 Å². The van der Waals surface area contributed by atoms with E-state index in [9.17, 15) is 0 Å². The average molecular weight is 424 g/mol. The number of hydrogen-bond acceptors (Lipinski definition) is 3. The first-order chi connectivity index (χ1) is 10.3. The smallest absolute Gasteiger partial charge is 0.193 e. The molecule has 1 fully saturated rings. The molecule has 6 heteroatoms. The summed E-state index contributed by atoms with van der Waals surface area (Å²) in [6.07, 6.45) is 5.26. The molecule has 0 atom stereocenters. The highest BCUT2D eigenvalue weighted by Crippen LogP contribution is 1.99. The lowest BCUT2D eigenvalue weighted by molar-refractivity contribution is 0.0377. The Bertz CT molecular complexity index is 307. The van der Waals surface area contributed by atoms with Crippen LogP contribution in [0.5, 0.6) is 0 Å². The third-order valence-corrected chi connectivity index (χ3v) is 3.60. The van der Waals surface area contributed by atoms with Crippen molar-refractivity contribution in [3.63, 3.8) is 0 Å². The highest BCUT2D eigenvalue weighted by molar-refractivity contribution is 14.0. The summed E-state index contributed by atoms with van der Waals surface area (Å²) in [6, 6.07) is 0. The van der Waals surface area contributed by atoms with Crippen LogP contribution in [0.1, 0.15) is 26.2 Å². The minimum Gasteiger partial charge on any atom is -0.379 e. The molecule has 0 saturated carbocycles. The number of nitrogens with one attached hydrogen (secondary N) is 1. The van der Waals surface area contributed by atoms with Gasteiger partial charge in [-0.05, 0) is 26.2 Å². The Hall–Kier alpha value is -0.340. The fourth-order valence-corrected chi connectivity index (χ4v) is 2.35. The van der Waals surface area contributed by atoms with E-state index in [4.69, 9.17) is 9.73 Å². The Balaban J connectivity index is 0.00000441. The Morgan fingerprint density at radius 2 is 2.09 bits per heavy atom. The van der Waals surface area contributed by atoms with E-state index in [1.807, 2.05) is 6.08 Å². The van der Waals surface area contributed by atoms with Crippen molar-refractivity contribution in [1.29, 1.82) is 0 Å². The summed E-state index contributed by atoms with van der Waals surface area (Å²) >= 11 is 0. The largest absolute Gasteiger partial charge is 0.379 e. The molecule has 130 valence electrons. The van der Waals surface area contributed by atoms with Crippen molar-refractivity contribution >= 4 is 29.9 Å². The van der Waals surface area contributed by atoms with Crippen molar-refractivity contribution in [1.82, 2.24) is 15.1 Å². The normalized spacial score (nSPS) is 16.0. The van der Waals surface area contributed by atoms with Crippen LogP contribution in [0.2, 0.25) is 0 Å². The van der Waals surface area contributed by atoms with Crippen LogP contribution in [-0.2, 0) is 4.74 Å². The Morgan fingerprint density at radius 3 is 2.73 bits per heavy atom. The zero-order valence-electron chi connectivity index (χ0n) is 14.2. The van der Waals surface area contributed by atoms with E-state index < -0.39 is 0 Å². The Labute approximate surface area is 153 Å². The van der Waals surface area contributed by atoms with Crippen LogP contribution in [0.4, 0.5) is 0 Å². The van der Waals surface area contributed by atoms with Crippen LogP contribution in [0.25, 0.3) is 0 Å². The van der Waals surface area contributed by atoms with Crippen LogP contribution in [0.15, 0.2) is 17.6 Å². The van der Waals surface area contributed by atoms with Crippen molar-refractivity contribution < 1.29 is 4.74 Å². The molecule has 0 aliphatic carbocycles. The van der Waals surface area contributed by atoms with Gasteiger partial charge >= 0.3 is 0 Å². The van der Waals surface area contributed by atoms with Gasteiger partial charge in [-0.3, -0.25) is 9.89 Å². The summed E-state index contributed by atoms with van der Waals surface area (Å²) < 4.78 is 5.36. The lowest BCUT2D eigenvalue weighted by Gasteiger charge is -2.26. The number of ether oxygens (including phenoxy) is 1. The first-order valence-electron chi connectivity index (χ1n) is 8.18. The maximum absolute atomic E-state index is 5.36. The van der Waals surface area contributed by atoms with Gasteiger partial charge < -0.3 is 15.0 Å². The standard InChI is InChI=1S/C16H32N4O.HI/c1-4-6-7-10-19(3)16(17-5-2)18-9-8-11-20-12-14-21-15-13-20;/h4H,1,5-15H2,2-3H3,(H,17,18);1H. The van der Waals surface area contributed by atoms with E-state index in [0.29, 0.717) is 0 Å². The summed E-state index contributed by atoms with van der Waals surface area (Å²) in [5.41, 5.74) is 0. The minimum absolute atomic E-state index is 0. The SMILES string of the molecule is C=CCCCN(C)C(=NCCCN1CCOCC1)NCC.I. The molecule has 1 aliphatic heterocycles. The second kappa shape index (κ2) is 14.3. The van der Waals surface area contributed by atoms with E-state index in [2.05, 4.69) is 35.7 Å². The molecule has 0 aromatic heterocycles. The van der Waals surface area contributed by atoms with Gasteiger partial charge in [0.15, 0.2) is 5.96 Å². The molecule has 1 aliphatic rings. The van der Waals surface area contributed by atoms with Gasteiger partial charge in [-0.25, -0.2) is 0 Å². The fraction of sp³-hybridized carbons (Fsp3) is 0.812. The molecule has 0 radical (unpaired) electrons. The average Bonchev–Trinajstić information content (AvgIpc) is 2.51. The molecule has 5 nitrogen and oxygen atoms in total. The number of hydrogen-bond donors (Lipinski definition) is 1. The van der Waals surface area contributed by atoms with Crippen molar-refractivity contribution in [2.24, 2.45) is 4.99 Å². The predicted octanol–water partition coefficient (Wildman–Crippen LogP) is 2.19. The summed E-state index contributed by atoms with van der Waals surface area (Å²) in [5, 5.41) is 3.36. The molecule has 0 bridgehead atoms. The van der Waals surface area contributed by atoms with Crippen LogP contribution >= 0.6 is 24.0 Å². The summed E-state index contributed by atoms with van der Waals surface area (Å²) in [6.45, 7) is 13.7. The van der Waals surface area contributed by atoms with E-state index >= 15 is 0 Å². The molecule has 1 rings (SSSR count). The van der Waals surface area contributed by atoms with Gasteiger partial charge in [-0.15, -0.1) is 30.6 Å². The maximum Gasteiger partial charge on any atom is 0.193 e. The number of guanidine groups is 1. The number of aliphatic imine (C=N–C) groups is 1. The van der Waals surface area contributed by atoms with Gasteiger partial charge in [0.1, 0.15) is 0 Å². The van der Waals surface area contributed by atoms with Crippen molar-refractivity contribution in [2.75, 3.05) is 59.5 Å². The molecule has 0 unspecified atom stereocenters. The highest BCUT2D eigenvalue weighted by atomic mass is 127. The summed E-state index contributed by atoms with van der Waals surface area (Å²) in [4.78, 5) is 9.39. The second-order valence-electron chi connectivity index (χ2n) is 5.40. The van der Waals surface area contributed by atoms with E-state index in [-0.39, 0.29) is 24.0 Å². The molecule has 0 amide bonds. The van der Waals surface area contributed by atoms with Crippen molar-refractivity contribution in [3.05, 3.63) is 12.7 Å². The topological polar surface area (TPSA) is 40.1 Å². The number of morpholine rings is 1. The Morgan fingerprint density at radius 1 is 1.36 bits per heavy atom. The molecule has 1 N–H and O–H groups in total. The number of nitrogens with zero attached hydrogens (tertiary/aromatic N) is 3. The molecule has 22 heavy (non-hydrogen) atoms. The lowest BCUT2D eigenvalue weighted by Crippen LogP contribution is -2.40. The summed E-state index contributed by atoms with van der Waals surface area (Å²) in [5.74, 6) is 1.02. The van der Waals surface area contributed by atoms with E-state index in [0.717, 1.165) is 77.7 Å². The first kappa shape index (κ1) is 21.7. The quantitative estimate of drug-likeness (QED) is 0.203. The van der Waals surface area contributed by atoms with E-state index in [1.165, 1.54) is 0 Å². The van der Waals surface area contributed by atoms with Gasteiger partial charge in [0, 0.05) is 46.3 Å². The number of allylic oxidation sites excluding steroid dienone is 1. The highest BCUT2D eigenvalue weighted by Gasteiger charge is 2.09. The fourth-order valence-electron chi connectivity index (χ4n) is 2.35. The Kier molecular flexibility index (Phi) is 14.0. The van der Waals surface area contributed by atoms with Gasteiger partial charge in [-0.2, -0.15) is 0 Å². The van der Waals surface area contributed by atoms with Crippen LogP contribution in [0.3, 0.4) is 0 Å². The monoisotopic (exact) mass is 424 g/mol. The molecular weight excluding hydrogens is 391 g/mol. The molecule has 0 spiro atoms. The van der Waals surface area contributed by atoms with Crippen LogP contribution in [-0.4, -0.2) is 75.3 Å². The molecular formula is C16H33IN4O. The van der Waals surface area contributed by atoms with Crippen molar-refractivity contribution in [2.45, 2.75) is 26.2 Å². The summed E-state index contributed by atoms with van der Waals surface area (Å²) in [7, 11) is 2.10. The third-order valence-electron chi connectivity index (χ3n) is 3.60. The number of rotatable bonds is 9. The predicted molar refractivity (Wildman–Crippen MR) is 105 cm³/mol. The van der Waals surface area contributed by atoms with Crippen LogP contribution in [0, 0.1) is 0 Å². The zero-order chi connectivity index (χ0) is 15.3. The zero-order valence-corrected chi connectivity index (χ0v) is 16.6. The van der Waals surface area contributed by atoms with E-state index in [1.54, 1.807) is 0 Å². The number of unbranched alkanes of at least 4 members (excludes halogenated alkanes) is 1. The maximum atomic E-state index is 5.36. The lowest BCUT2D eigenvalue weighted by atomic mass is 10.3. The third kappa shape index (κ3) is 9.63. The number of halogens is 1. The van der Waals surface area contributed by atoms with Gasteiger partial charge in [-0.1, -0.05) is 6.08 Å². The second-order valence-corrected chi connectivity index (χ2v) is 5.40. The molecule has 0 aromatic rings. The van der Waals surface area contributed by atoms with Gasteiger partial charge in [0.2, 0.25) is 0 Å². The first-order valence-corrected chi connectivity index (χ1v) is 8.18.